The Balaban J connectivity index is 1.02. The fourth-order valence-electron chi connectivity index (χ4n) is 15.4. The maximum atomic E-state index is 15.1. The van der Waals surface area contributed by atoms with Crippen LogP contribution in [0.3, 0.4) is 0 Å². The molecule has 0 spiro atoms. The van der Waals surface area contributed by atoms with Crippen molar-refractivity contribution in [3.05, 3.63) is 71.9 Å². The summed E-state index contributed by atoms with van der Waals surface area (Å²) in [4.78, 5) is 291. The van der Waals surface area contributed by atoms with Gasteiger partial charge in [0, 0.05) is 75.4 Å². The van der Waals surface area contributed by atoms with Crippen LogP contribution in [0.25, 0.3) is 10.9 Å². The third kappa shape index (κ3) is 31.3. The zero-order chi connectivity index (χ0) is 95.0. The molecular formula is C82H117N23O24. The first-order valence-electron chi connectivity index (χ1n) is 42.5. The highest BCUT2D eigenvalue weighted by atomic mass is 16.4. The monoisotopic (exact) mass is 1810 g/mol. The molecule has 47 heteroatoms. The number of fused-ring (bicyclic) bond motifs is 1. The fourth-order valence-corrected chi connectivity index (χ4v) is 15.4. The van der Waals surface area contributed by atoms with Gasteiger partial charge in [0.2, 0.25) is 112 Å². The number of amides is 19. The van der Waals surface area contributed by atoms with Crippen LogP contribution in [0.4, 0.5) is 0 Å². The average Bonchev–Trinajstić information content (AvgIpc) is 1.75. The number of para-hydroxylation sites is 1. The molecule has 0 saturated carbocycles. The van der Waals surface area contributed by atoms with E-state index >= 15 is 9.59 Å². The van der Waals surface area contributed by atoms with Gasteiger partial charge in [0.05, 0.1) is 32.5 Å². The molecule has 4 aliphatic rings. The van der Waals surface area contributed by atoms with Gasteiger partial charge in [-0.1, -0.05) is 76.2 Å². The Bertz CT molecular complexity index is 4640. The van der Waals surface area contributed by atoms with Gasteiger partial charge in [-0.15, -0.1) is 0 Å². The summed E-state index contributed by atoms with van der Waals surface area (Å²) in [6, 6.07) is -5.41. The minimum absolute atomic E-state index is 0.00350. The minimum atomic E-state index is -1.96. The van der Waals surface area contributed by atoms with Crippen LogP contribution in [-0.4, -0.2) is 296 Å². The lowest BCUT2D eigenvalue weighted by molar-refractivity contribution is -0.144. The van der Waals surface area contributed by atoms with Gasteiger partial charge in [0.25, 0.3) is 0 Å². The van der Waals surface area contributed by atoms with Crippen molar-refractivity contribution >= 4 is 141 Å². The van der Waals surface area contributed by atoms with E-state index in [9.17, 15) is 106 Å². The Hall–Kier alpha value is -13.9. The van der Waals surface area contributed by atoms with E-state index in [1.54, 1.807) is 74.6 Å². The van der Waals surface area contributed by atoms with E-state index in [2.05, 4.69) is 74.1 Å². The van der Waals surface area contributed by atoms with E-state index in [1.807, 2.05) is 19.2 Å². The Kier molecular flexibility index (Phi) is 39.0. The van der Waals surface area contributed by atoms with Crippen LogP contribution in [0, 0.1) is 17.2 Å². The number of carboxylic acids is 2. The van der Waals surface area contributed by atoms with Gasteiger partial charge >= 0.3 is 11.9 Å². The maximum absolute atomic E-state index is 15.1. The summed E-state index contributed by atoms with van der Waals surface area (Å²) < 4.78 is 0. The first-order chi connectivity index (χ1) is 61.1. The number of H-pyrrole nitrogens is 1. The molecule has 704 valence electrons. The van der Waals surface area contributed by atoms with Gasteiger partial charge in [-0.3, -0.25) is 106 Å². The molecule has 4 aliphatic heterocycles. The van der Waals surface area contributed by atoms with E-state index in [-0.39, 0.29) is 115 Å². The zero-order valence-electron chi connectivity index (χ0n) is 72.0. The zero-order valence-corrected chi connectivity index (χ0v) is 72.0. The second-order valence-corrected chi connectivity index (χ2v) is 32.7. The molecule has 7 rings (SSSR count). The molecule has 0 unspecified atom stereocenters. The van der Waals surface area contributed by atoms with E-state index in [1.165, 1.54) is 4.90 Å². The Morgan fingerprint density at radius 1 is 0.481 bits per heavy atom. The first-order valence-corrected chi connectivity index (χ1v) is 42.5. The average molecular weight is 1810 g/mol. The lowest BCUT2D eigenvalue weighted by atomic mass is 9.99. The fraction of sp³-hybridized carbons (Fsp3) is 0.561. The van der Waals surface area contributed by atoms with Gasteiger partial charge < -0.3 is 132 Å². The third-order valence-corrected chi connectivity index (χ3v) is 22.0. The topological polar surface area (TPSA) is 741 Å². The number of carboxylic acid groups (broad SMARTS) is 2. The number of rotatable bonds is 50. The van der Waals surface area contributed by atoms with Gasteiger partial charge in [-0.05, 0) is 106 Å². The molecule has 27 N–H and O–H groups in total. The Morgan fingerprint density at radius 3 is 1.44 bits per heavy atom. The summed E-state index contributed by atoms with van der Waals surface area (Å²) in [5.41, 5.74) is 23.9. The largest absolute Gasteiger partial charge is 0.481 e. The number of aromatic amines is 1. The van der Waals surface area contributed by atoms with E-state index in [0.29, 0.717) is 28.5 Å². The summed E-state index contributed by atoms with van der Waals surface area (Å²) in [6.07, 6.45) is -1.82. The van der Waals surface area contributed by atoms with Crippen LogP contribution in [-0.2, 0) is 114 Å². The molecule has 0 aliphatic carbocycles. The summed E-state index contributed by atoms with van der Waals surface area (Å²) in [5, 5.41) is 71.4. The summed E-state index contributed by atoms with van der Waals surface area (Å²) in [7, 11) is 0. The number of aliphatic hydroxyl groups excluding tert-OH is 1. The number of nitrogens with one attached hydrogen (secondary N) is 16. The molecule has 3 aromatic rings. The van der Waals surface area contributed by atoms with Crippen molar-refractivity contribution < 1.29 is 116 Å². The molecule has 14 atom stereocenters. The highest BCUT2D eigenvalue weighted by Crippen LogP contribution is 2.27. The Morgan fingerprint density at radius 2 is 0.938 bits per heavy atom. The van der Waals surface area contributed by atoms with E-state index in [4.69, 9.17) is 28.3 Å². The predicted molar refractivity (Wildman–Crippen MR) is 454 cm³/mol. The molecule has 2 aromatic carbocycles. The quantitative estimate of drug-likeness (QED) is 0.0142. The smallest absolute Gasteiger partial charge is 0.305 e. The number of likely N-dealkylation sites (tertiary alicyclic amines) is 3. The van der Waals surface area contributed by atoms with Crippen LogP contribution < -0.4 is 97.4 Å². The van der Waals surface area contributed by atoms with Crippen molar-refractivity contribution in [3.8, 4) is 0 Å². The highest BCUT2D eigenvalue weighted by molar-refractivity contribution is 6.02. The van der Waals surface area contributed by atoms with Crippen molar-refractivity contribution in [2.75, 3.05) is 45.9 Å². The van der Waals surface area contributed by atoms with Crippen LogP contribution in [0.1, 0.15) is 148 Å². The van der Waals surface area contributed by atoms with Crippen molar-refractivity contribution in [1.82, 2.24) is 94.1 Å². The van der Waals surface area contributed by atoms with E-state index < -0.39 is 273 Å². The second kappa shape index (κ2) is 49.3. The normalized spacial score (nSPS) is 18.2. The maximum Gasteiger partial charge on any atom is 0.305 e. The highest BCUT2D eigenvalue weighted by Gasteiger charge is 2.46. The number of nitrogens with two attached hydrogens (primary N) is 4. The van der Waals surface area contributed by atoms with Crippen molar-refractivity contribution in [2.24, 2.45) is 34.8 Å². The van der Waals surface area contributed by atoms with Crippen molar-refractivity contribution in [2.45, 2.75) is 234 Å². The van der Waals surface area contributed by atoms with Crippen molar-refractivity contribution in [3.63, 3.8) is 0 Å². The number of carbonyl (C=O) groups excluding carboxylic acids is 19. The number of aliphatic carboxylic acids is 2. The van der Waals surface area contributed by atoms with Crippen LogP contribution in [0.15, 0.2) is 60.8 Å². The molecule has 4 saturated heterocycles. The number of benzene rings is 2. The molecular weight excluding hydrogens is 1690 g/mol. The standard InChI is InChI=1S/C82H117N23O24/c1-41(2)32-51(68(85)116)98-71(119)47(18-10-28-88-82(86)87)95-77(125)59-21-13-31-105(59)81(129)67(42(3)4)102-75(123)52(33-43-14-6-5-7-15-43)100-78(126)58-20-11-29-103(58)79(127)50(23-26-61(84)108)97-73(121)49(22-25-60(83)107)96-76(124)57-19-12-30-104(57)80(128)55(34-44-37-89-46-17-9-8-16-45(44)46)94-64(111)39-90-69(117)53(35-65(112)113)93-63(110)38-91-70(118)56(40-106)101-74(122)54(36-66(114)115)99-72(120)48-24-27-62(109)92-48/h5-9,14-17,37,41-42,47-59,67,89,106H,10-13,18-36,38-40H2,1-4H3,(H2,83,107)(H2,84,108)(H2,85,116)(H,90,117)(H,91,118)(H,92,109)(H,93,110)(H,94,111)(H,95,125)(H,96,124)(H,97,121)(H,98,119)(H,99,120)(H,100,126)(H,101,122)(H,102,123)(H,112,113)(H,114,115)(H4,86,87,88)/t47-,48-,49-,50-,51-,52-,53-,54-,55-,56-,57-,58-,59-,67-/m0/s1. The number of aliphatic hydroxyl groups is 1. The van der Waals surface area contributed by atoms with Crippen LogP contribution in [0.2, 0.25) is 0 Å². The molecule has 1 aromatic heterocycles. The van der Waals surface area contributed by atoms with Crippen molar-refractivity contribution in [1.29, 1.82) is 5.41 Å². The number of carbonyl (C=O) groups is 21. The van der Waals surface area contributed by atoms with Crippen LogP contribution in [0.5, 0.6) is 0 Å². The second-order valence-electron chi connectivity index (χ2n) is 32.7. The SMILES string of the molecule is CC(C)C[C@H](NC(=O)[C@H](CCCNC(=N)N)NC(=O)[C@@H]1CCCN1C(=O)[C@@H](NC(=O)[C@H](Cc1ccccc1)NC(=O)[C@@H]1CCCN1C(=O)[C@H](CCC(N)=O)NC(=O)[C@H](CCC(N)=O)NC(=O)[C@@H]1CCCN1C(=O)[C@H](Cc1c[nH]c2ccccc12)NC(=O)CNC(=O)[C@H](CC(=O)O)NC(=O)CNC(=O)[C@H](CO)NC(=O)[C@H](CC(=O)O)NC(=O)[C@@H]1CCC(=O)N1)C(C)C)C(N)=O. The molecule has 0 radical (unpaired) electrons. The first kappa shape index (κ1) is 102. The molecule has 4 fully saturated rings. The van der Waals surface area contributed by atoms with Gasteiger partial charge in [0.1, 0.15) is 84.6 Å². The number of nitrogens with zero attached hydrogens (tertiary/aromatic N) is 3. The Labute approximate surface area is 740 Å². The predicted octanol–water partition coefficient (Wildman–Crippen LogP) is -7.79. The molecule has 129 heavy (non-hydrogen) atoms. The summed E-state index contributed by atoms with van der Waals surface area (Å²) in [6.45, 7) is 3.75. The molecule has 47 nitrogen and oxygen atoms in total. The van der Waals surface area contributed by atoms with E-state index in [0.717, 1.165) is 9.80 Å². The third-order valence-electron chi connectivity index (χ3n) is 22.0. The van der Waals surface area contributed by atoms with Crippen LogP contribution >= 0.6 is 0 Å². The summed E-state index contributed by atoms with van der Waals surface area (Å²) >= 11 is 0. The number of hydrogen-bond donors (Lipinski definition) is 23. The lowest BCUT2D eigenvalue weighted by Gasteiger charge is -2.33. The molecule has 0 bridgehead atoms. The van der Waals surface area contributed by atoms with Gasteiger partial charge in [0.15, 0.2) is 5.96 Å². The summed E-state index contributed by atoms with van der Waals surface area (Å²) in [5.74, 6) is -22.0. The lowest BCUT2D eigenvalue weighted by Crippen LogP contribution is -2.61. The molecule has 5 heterocycles. The van der Waals surface area contributed by atoms with Gasteiger partial charge in [-0.2, -0.15) is 0 Å². The number of hydrogen-bond acceptors (Lipinski definition) is 23. The number of guanidine groups is 1. The molecule has 19 amide bonds. The number of aromatic nitrogens is 1. The minimum Gasteiger partial charge on any atom is -0.481 e. The van der Waals surface area contributed by atoms with Gasteiger partial charge in [-0.25, -0.2) is 0 Å². The number of primary amides is 3.